The van der Waals surface area contributed by atoms with Crippen molar-refractivity contribution in [3.05, 3.63) is 0 Å². The molecule has 0 aromatic carbocycles. The fourth-order valence-electron chi connectivity index (χ4n) is 3.74. The molecule has 2 unspecified atom stereocenters. The average molecular weight is 268 g/mol. The molecule has 19 heavy (non-hydrogen) atoms. The van der Waals surface area contributed by atoms with Crippen molar-refractivity contribution in [3.8, 4) is 0 Å². The van der Waals surface area contributed by atoms with E-state index in [2.05, 4.69) is 31.0 Å². The molecule has 0 amide bonds. The van der Waals surface area contributed by atoms with Gasteiger partial charge in [-0.3, -0.25) is 4.90 Å². The van der Waals surface area contributed by atoms with Crippen LogP contribution in [0.4, 0.5) is 0 Å². The van der Waals surface area contributed by atoms with Gasteiger partial charge in [-0.2, -0.15) is 0 Å². The van der Waals surface area contributed by atoms with Crippen LogP contribution in [0.25, 0.3) is 0 Å². The van der Waals surface area contributed by atoms with Crippen molar-refractivity contribution in [2.24, 2.45) is 0 Å². The Balaban J connectivity index is 2.02. The molecule has 1 aliphatic carbocycles. The molecule has 0 aromatic heterocycles. The summed E-state index contributed by atoms with van der Waals surface area (Å²) in [6.45, 7) is 10.9. The third kappa shape index (κ3) is 4.44. The lowest BCUT2D eigenvalue weighted by atomic mass is 9.90. The van der Waals surface area contributed by atoms with Crippen LogP contribution >= 0.6 is 0 Å². The van der Waals surface area contributed by atoms with Gasteiger partial charge in [0, 0.05) is 25.2 Å². The summed E-state index contributed by atoms with van der Waals surface area (Å²) < 4.78 is 5.88. The van der Waals surface area contributed by atoms with E-state index in [0.29, 0.717) is 12.1 Å². The Morgan fingerprint density at radius 3 is 2.58 bits per heavy atom. The van der Waals surface area contributed by atoms with E-state index in [1.54, 1.807) is 0 Å². The highest BCUT2D eigenvalue weighted by Gasteiger charge is 2.34. The molecule has 1 heterocycles. The molecule has 1 saturated heterocycles. The van der Waals surface area contributed by atoms with E-state index in [1.165, 1.54) is 38.5 Å². The summed E-state index contributed by atoms with van der Waals surface area (Å²) in [5, 5.41) is 3.74. The molecular formula is C16H32N2O. The topological polar surface area (TPSA) is 24.5 Å². The third-order valence-corrected chi connectivity index (χ3v) is 4.62. The summed E-state index contributed by atoms with van der Waals surface area (Å²) in [7, 11) is 0. The van der Waals surface area contributed by atoms with Gasteiger partial charge in [-0.1, -0.05) is 32.6 Å². The van der Waals surface area contributed by atoms with Crippen LogP contribution in [0.2, 0.25) is 0 Å². The Hall–Kier alpha value is -0.120. The maximum Gasteiger partial charge on any atom is 0.0753 e. The first kappa shape index (κ1) is 15.3. The number of nitrogens with one attached hydrogen (secondary N) is 1. The number of nitrogens with zero attached hydrogens (tertiary/aromatic N) is 1. The first-order valence-corrected chi connectivity index (χ1v) is 8.24. The standard InChI is InChI=1S/C16H32N2O/c1-4-17-14-9-7-5-6-8-10-15(14)18-11-12-19-16(2,3)13-18/h14-15,17H,4-13H2,1-3H3. The van der Waals surface area contributed by atoms with E-state index < -0.39 is 0 Å². The van der Waals surface area contributed by atoms with Crippen LogP contribution in [0, 0.1) is 0 Å². The zero-order chi connectivity index (χ0) is 13.7. The molecule has 0 spiro atoms. The highest BCUT2D eigenvalue weighted by atomic mass is 16.5. The lowest BCUT2D eigenvalue weighted by Crippen LogP contribution is -2.58. The van der Waals surface area contributed by atoms with Crippen LogP contribution in [0.5, 0.6) is 0 Å². The predicted octanol–water partition coefficient (Wildman–Crippen LogP) is 2.80. The summed E-state index contributed by atoms with van der Waals surface area (Å²) in [5.41, 5.74) is 0.0252. The number of hydrogen-bond acceptors (Lipinski definition) is 3. The van der Waals surface area contributed by atoms with Gasteiger partial charge in [0.2, 0.25) is 0 Å². The molecule has 112 valence electrons. The van der Waals surface area contributed by atoms with Crippen molar-refractivity contribution in [2.75, 3.05) is 26.2 Å². The molecule has 3 heteroatoms. The van der Waals surface area contributed by atoms with Gasteiger partial charge in [-0.15, -0.1) is 0 Å². The molecule has 2 atom stereocenters. The molecule has 0 bridgehead atoms. The second-order valence-corrected chi connectivity index (χ2v) is 6.80. The number of morpholine rings is 1. The SMILES string of the molecule is CCNC1CCCCCCC1N1CCOC(C)(C)C1. The molecule has 0 aromatic rings. The minimum absolute atomic E-state index is 0.0252. The van der Waals surface area contributed by atoms with E-state index in [4.69, 9.17) is 4.74 Å². The number of hydrogen-bond donors (Lipinski definition) is 1. The smallest absolute Gasteiger partial charge is 0.0753 e. The highest BCUT2D eigenvalue weighted by molar-refractivity contribution is 4.90. The van der Waals surface area contributed by atoms with Crippen molar-refractivity contribution in [2.45, 2.75) is 77.0 Å². The van der Waals surface area contributed by atoms with E-state index in [0.717, 1.165) is 26.2 Å². The molecular weight excluding hydrogens is 236 g/mol. The lowest BCUT2D eigenvalue weighted by molar-refractivity contribution is -0.102. The largest absolute Gasteiger partial charge is 0.373 e. The maximum atomic E-state index is 5.88. The van der Waals surface area contributed by atoms with Gasteiger partial charge >= 0.3 is 0 Å². The Morgan fingerprint density at radius 1 is 1.16 bits per heavy atom. The Morgan fingerprint density at radius 2 is 1.89 bits per heavy atom. The minimum Gasteiger partial charge on any atom is -0.373 e. The number of ether oxygens (including phenoxy) is 1. The van der Waals surface area contributed by atoms with E-state index in [1.807, 2.05) is 0 Å². The average Bonchev–Trinajstić information content (AvgIpc) is 2.31. The summed E-state index contributed by atoms with van der Waals surface area (Å²) in [4.78, 5) is 2.70. The quantitative estimate of drug-likeness (QED) is 0.852. The number of likely N-dealkylation sites (N-methyl/N-ethyl adjacent to an activating group) is 1. The maximum absolute atomic E-state index is 5.88. The molecule has 3 nitrogen and oxygen atoms in total. The van der Waals surface area contributed by atoms with Crippen LogP contribution in [-0.2, 0) is 4.74 Å². The summed E-state index contributed by atoms with van der Waals surface area (Å²) in [5.74, 6) is 0. The highest BCUT2D eigenvalue weighted by Crippen LogP contribution is 2.26. The van der Waals surface area contributed by atoms with Crippen LogP contribution in [0.15, 0.2) is 0 Å². The zero-order valence-electron chi connectivity index (χ0n) is 13.1. The van der Waals surface area contributed by atoms with Gasteiger partial charge in [-0.25, -0.2) is 0 Å². The monoisotopic (exact) mass is 268 g/mol. The molecule has 1 N–H and O–H groups in total. The van der Waals surface area contributed by atoms with E-state index >= 15 is 0 Å². The van der Waals surface area contributed by atoms with Crippen molar-refractivity contribution < 1.29 is 4.74 Å². The molecule has 1 aliphatic heterocycles. The molecule has 0 radical (unpaired) electrons. The fourth-order valence-corrected chi connectivity index (χ4v) is 3.74. The van der Waals surface area contributed by atoms with Gasteiger partial charge in [0.15, 0.2) is 0 Å². The van der Waals surface area contributed by atoms with Crippen molar-refractivity contribution in [3.63, 3.8) is 0 Å². The van der Waals surface area contributed by atoms with E-state index in [-0.39, 0.29) is 5.60 Å². The number of rotatable bonds is 3. The summed E-state index contributed by atoms with van der Waals surface area (Å²) >= 11 is 0. The van der Waals surface area contributed by atoms with Crippen LogP contribution in [-0.4, -0.2) is 48.8 Å². The van der Waals surface area contributed by atoms with Crippen LogP contribution < -0.4 is 5.32 Å². The first-order valence-electron chi connectivity index (χ1n) is 8.24. The zero-order valence-corrected chi connectivity index (χ0v) is 13.1. The fraction of sp³-hybridized carbons (Fsp3) is 1.00. The van der Waals surface area contributed by atoms with Gasteiger partial charge in [0.05, 0.1) is 12.2 Å². The molecule has 2 aliphatic rings. The van der Waals surface area contributed by atoms with Crippen molar-refractivity contribution in [1.82, 2.24) is 10.2 Å². The Bertz CT molecular complexity index is 267. The molecule has 2 rings (SSSR count). The normalized spacial score (nSPS) is 33.6. The van der Waals surface area contributed by atoms with Crippen LogP contribution in [0.3, 0.4) is 0 Å². The summed E-state index contributed by atoms with van der Waals surface area (Å²) in [6.07, 6.45) is 8.32. The van der Waals surface area contributed by atoms with E-state index in [9.17, 15) is 0 Å². The first-order chi connectivity index (χ1) is 9.12. The van der Waals surface area contributed by atoms with Gasteiger partial charge in [-0.05, 0) is 33.2 Å². The molecule has 2 fully saturated rings. The van der Waals surface area contributed by atoms with Gasteiger partial charge < -0.3 is 10.1 Å². The Kier molecular flexibility index (Phi) is 5.67. The predicted molar refractivity (Wildman–Crippen MR) is 80.6 cm³/mol. The lowest BCUT2D eigenvalue weighted by Gasteiger charge is -2.45. The van der Waals surface area contributed by atoms with Crippen molar-refractivity contribution >= 4 is 0 Å². The third-order valence-electron chi connectivity index (χ3n) is 4.62. The summed E-state index contributed by atoms with van der Waals surface area (Å²) in [6, 6.07) is 1.39. The minimum atomic E-state index is 0.0252. The Labute approximate surface area is 119 Å². The van der Waals surface area contributed by atoms with Gasteiger partial charge in [0.1, 0.15) is 0 Å². The molecule has 1 saturated carbocycles. The second-order valence-electron chi connectivity index (χ2n) is 6.80. The van der Waals surface area contributed by atoms with Crippen LogP contribution in [0.1, 0.15) is 59.3 Å². The van der Waals surface area contributed by atoms with Gasteiger partial charge in [0.25, 0.3) is 0 Å². The second kappa shape index (κ2) is 7.05. The van der Waals surface area contributed by atoms with Crippen molar-refractivity contribution in [1.29, 1.82) is 0 Å².